The van der Waals surface area contributed by atoms with Crippen LogP contribution < -0.4 is 0 Å². The van der Waals surface area contributed by atoms with Crippen molar-refractivity contribution in [3.8, 4) is 0 Å². The van der Waals surface area contributed by atoms with E-state index in [4.69, 9.17) is 4.74 Å². The Morgan fingerprint density at radius 1 is 1.00 bits per heavy atom. The van der Waals surface area contributed by atoms with Crippen molar-refractivity contribution in [1.29, 1.82) is 0 Å². The molecule has 0 aromatic heterocycles. The molecule has 11 heavy (non-hydrogen) atoms. The van der Waals surface area contributed by atoms with Crippen molar-refractivity contribution in [3.63, 3.8) is 0 Å². The van der Waals surface area contributed by atoms with Gasteiger partial charge < -0.3 is 4.74 Å². The van der Waals surface area contributed by atoms with Crippen LogP contribution in [0, 0.1) is 0 Å². The lowest BCUT2D eigenvalue weighted by Crippen LogP contribution is -1.81. The maximum absolute atomic E-state index is 4.93. The Labute approximate surface area is 73.9 Å². The molecule has 2 aliphatic rings. The van der Waals surface area contributed by atoms with Gasteiger partial charge in [-0.25, -0.2) is 0 Å². The normalized spacial score (nSPS) is 21.1. The molecule has 0 N–H and O–H groups in total. The van der Waals surface area contributed by atoms with Crippen molar-refractivity contribution >= 4 is 23.5 Å². The molecule has 3 heteroatoms. The molecule has 56 valence electrons. The summed E-state index contributed by atoms with van der Waals surface area (Å²) in [6.07, 6.45) is 7.34. The van der Waals surface area contributed by atoms with Crippen molar-refractivity contribution in [2.45, 2.75) is 0 Å². The number of hydrogen-bond acceptors (Lipinski definition) is 3. The van der Waals surface area contributed by atoms with Crippen LogP contribution >= 0.6 is 23.5 Å². The highest BCUT2D eigenvalue weighted by molar-refractivity contribution is 8.27. The second-order valence-corrected chi connectivity index (χ2v) is 4.08. The summed E-state index contributed by atoms with van der Waals surface area (Å²) >= 11 is 3.51. The van der Waals surface area contributed by atoms with Crippen LogP contribution in [-0.2, 0) is 4.74 Å². The molecular formula is C8H6OS2. The zero-order chi connectivity index (χ0) is 7.52. The van der Waals surface area contributed by atoms with Crippen molar-refractivity contribution < 1.29 is 4.74 Å². The van der Waals surface area contributed by atoms with E-state index in [1.165, 1.54) is 9.81 Å². The van der Waals surface area contributed by atoms with Crippen LogP contribution in [0.4, 0.5) is 0 Å². The molecule has 0 bridgehead atoms. The minimum absolute atomic E-state index is 1.23. The highest BCUT2D eigenvalue weighted by Gasteiger charge is 2.06. The molecule has 2 heterocycles. The molecule has 0 amide bonds. The van der Waals surface area contributed by atoms with E-state index in [-0.39, 0.29) is 0 Å². The largest absolute Gasteiger partial charge is 0.473 e. The van der Waals surface area contributed by atoms with E-state index in [2.05, 4.69) is 10.8 Å². The molecule has 0 saturated heterocycles. The molecule has 0 aromatic rings. The van der Waals surface area contributed by atoms with Crippen LogP contribution in [0.2, 0.25) is 0 Å². The Balaban J connectivity index is 2.24. The van der Waals surface area contributed by atoms with E-state index in [9.17, 15) is 0 Å². The van der Waals surface area contributed by atoms with Gasteiger partial charge in [-0.1, -0.05) is 23.5 Å². The number of ether oxygens (including phenoxy) is 1. The number of allylic oxidation sites excluding steroid dienone is 3. The van der Waals surface area contributed by atoms with Gasteiger partial charge in [-0.3, -0.25) is 0 Å². The van der Waals surface area contributed by atoms with E-state index >= 15 is 0 Å². The fraction of sp³-hybridized carbons (Fsp3) is 0. The summed E-state index contributed by atoms with van der Waals surface area (Å²) in [5.41, 5.74) is 1.23. The maximum Gasteiger partial charge on any atom is 0.0907 e. The van der Waals surface area contributed by atoms with Gasteiger partial charge in [-0.2, -0.15) is 0 Å². The van der Waals surface area contributed by atoms with Crippen LogP contribution in [0.5, 0.6) is 0 Å². The van der Waals surface area contributed by atoms with E-state index in [1.54, 1.807) is 36.0 Å². The first-order chi connectivity index (χ1) is 5.47. The van der Waals surface area contributed by atoms with Gasteiger partial charge in [0.15, 0.2) is 0 Å². The number of rotatable bonds is 0. The van der Waals surface area contributed by atoms with Crippen LogP contribution in [0.15, 0.2) is 45.3 Å². The third-order valence-electron chi connectivity index (χ3n) is 1.29. The van der Waals surface area contributed by atoms with E-state index in [1.807, 2.05) is 12.2 Å². The van der Waals surface area contributed by atoms with Gasteiger partial charge in [-0.15, -0.1) is 0 Å². The fourth-order valence-corrected chi connectivity index (χ4v) is 2.60. The Morgan fingerprint density at radius 2 is 1.64 bits per heavy atom. The smallest absolute Gasteiger partial charge is 0.0907 e. The molecule has 2 rings (SSSR count). The first kappa shape index (κ1) is 7.13. The van der Waals surface area contributed by atoms with Crippen LogP contribution in [-0.4, -0.2) is 0 Å². The summed E-state index contributed by atoms with van der Waals surface area (Å²) in [6.45, 7) is 0. The fourth-order valence-electron chi connectivity index (χ4n) is 0.805. The van der Waals surface area contributed by atoms with Crippen molar-refractivity contribution in [1.82, 2.24) is 0 Å². The molecule has 2 aliphatic heterocycles. The van der Waals surface area contributed by atoms with Crippen molar-refractivity contribution in [2.75, 3.05) is 0 Å². The predicted octanol–water partition coefficient (Wildman–Crippen LogP) is 3.21. The molecular weight excluding hydrogens is 176 g/mol. The quantitative estimate of drug-likeness (QED) is 0.569. The Hall–Kier alpha value is -0.540. The lowest BCUT2D eigenvalue weighted by atomic mass is 10.3. The van der Waals surface area contributed by atoms with E-state index < -0.39 is 0 Å². The monoisotopic (exact) mass is 182 g/mol. The molecule has 0 aromatic carbocycles. The summed E-state index contributed by atoms with van der Waals surface area (Å²) < 4.78 is 6.25. The first-order valence-electron chi connectivity index (χ1n) is 3.18. The minimum atomic E-state index is 1.23. The van der Waals surface area contributed by atoms with Crippen LogP contribution in [0.3, 0.4) is 0 Å². The lowest BCUT2D eigenvalue weighted by molar-refractivity contribution is 0.398. The summed E-state index contributed by atoms with van der Waals surface area (Å²) in [5.74, 6) is 0. The standard InChI is InChI=1S/C8H6OS2/c1-3-9-4-2-7(1)8-10-5-6-11-8/h1-6H. The molecule has 0 unspecified atom stereocenters. The van der Waals surface area contributed by atoms with Gasteiger partial charge in [0, 0.05) is 5.57 Å². The molecule has 0 fully saturated rings. The molecule has 0 saturated carbocycles. The van der Waals surface area contributed by atoms with Gasteiger partial charge in [-0.05, 0) is 23.0 Å². The zero-order valence-corrected chi connectivity index (χ0v) is 7.32. The van der Waals surface area contributed by atoms with Crippen molar-refractivity contribution in [3.05, 3.63) is 45.3 Å². The van der Waals surface area contributed by atoms with Crippen LogP contribution in [0.25, 0.3) is 0 Å². The minimum Gasteiger partial charge on any atom is -0.473 e. The highest BCUT2D eigenvalue weighted by atomic mass is 32.2. The molecule has 0 radical (unpaired) electrons. The second kappa shape index (κ2) is 3.24. The van der Waals surface area contributed by atoms with Gasteiger partial charge in [0.25, 0.3) is 0 Å². The molecule has 0 atom stereocenters. The van der Waals surface area contributed by atoms with Gasteiger partial charge in [0.2, 0.25) is 0 Å². The van der Waals surface area contributed by atoms with E-state index in [0.29, 0.717) is 0 Å². The summed E-state index contributed by atoms with van der Waals surface area (Å²) in [6, 6.07) is 0. The molecule has 0 spiro atoms. The maximum atomic E-state index is 4.93. The summed E-state index contributed by atoms with van der Waals surface area (Å²) in [7, 11) is 0. The first-order valence-corrected chi connectivity index (χ1v) is 4.94. The SMILES string of the molecule is C1=CC(=C2SC=CS2)C=CO1. The lowest BCUT2D eigenvalue weighted by Gasteiger charge is -2.03. The Kier molecular flexibility index (Phi) is 2.10. The second-order valence-electron chi connectivity index (χ2n) is 1.99. The Bertz CT molecular complexity index is 250. The highest BCUT2D eigenvalue weighted by Crippen LogP contribution is 2.40. The summed E-state index contributed by atoms with van der Waals surface area (Å²) in [5, 5.41) is 4.17. The van der Waals surface area contributed by atoms with Gasteiger partial charge in [0.05, 0.1) is 16.8 Å². The summed E-state index contributed by atoms with van der Waals surface area (Å²) in [4.78, 5) is 0. The van der Waals surface area contributed by atoms with Gasteiger partial charge >= 0.3 is 0 Å². The van der Waals surface area contributed by atoms with E-state index in [0.717, 1.165) is 0 Å². The Morgan fingerprint density at radius 3 is 2.27 bits per heavy atom. The average Bonchev–Trinajstić information content (AvgIpc) is 2.58. The third-order valence-corrected chi connectivity index (χ3v) is 3.49. The van der Waals surface area contributed by atoms with Gasteiger partial charge in [0.1, 0.15) is 0 Å². The molecule has 0 aliphatic carbocycles. The van der Waals surface area contributed by atoms with Crippen molar-refractivity contribution in [2.24, 2.45) is 0 Å². The number of thioether (sulfide) groups is 2. The average molecular weight is 182 g/mol. The number of hydrogen-bond donors (Lipinski definition) is 0. The van der Waals surface area contributed by atoms with Crippen LogP contribution in [0.1, 0.15) is 0 Å². The zero-order valence-electron chi connectivity index (χ0n) is 5.69. The molecule has 1 nitrogen and oxygen atoms in total. The topological polar surface area (TPSA) is 9.23 Å². The third kappa shape index (κ3) is 1.54. The predicted molar refractivity (Wildman–Crippen MR) is 50.7 cm³/mol.